The second kappa shape index (κ2) is 23.7. The summed E-state index contributed by atoms with van der Waals surface area (Å²) >= 11 is 0. The van der Waals surface area contributed by atoms with Crippen LogP contribution in [0.2, 0.25) is 0 Å². The number of rotatable bonds is 20. The van der Waals surface area contributed by atoms with Crippen molar-refractivity contribution in [1.82, 2.24) is 9.29 Å². The summed E-state index contributed by atoms with van der Waals surface area (Å²) < 4.78 is 78.6. The molecule has 0 saturated carbocycles. The Morgan fingerprint density at radius 2 is 1.12 bits per heavy atom. The van der Waals surface area contributed by atoms with Crippen LogP contribution in [0, 0.1) is 6.92 Å². The van der Waals surface area contributed by atoms with E-state index in [0.717, 1.165) is 27.8 Å². The van der Waals surface area contributed by atoms with Crippen molar-refractivity contribution in [1.29, 1.82) is 0 Å². The lowest BCUT2D eigenvalue weighted by molar-refractivity contribution is -0.276. The van der Waals surface area contributed by atoms with Crippen molar-refractivity contribution in [3.63, 3.8) is 0 Å². The number of para-hydroxylation sites is 1. The molecule has 0 bridgehead atoms. The number of nitrogens with one attached hydrogen (secondary N) is 1. The lowest BCUT2D eigenvalue weighted by Crippen LogP contribution is -2.58. The van der Waals surface area contributed by atoms with Crippen LogP contribution in [-0.4, -0.2) is 74.2 Å². The normalized spacial score (nSPS) is 18.6. The fourth-order valence-corrected chi connectivity index (χ4v) is 10.5. The highest BCUT2D eigenvalue weighted by Gasteiger charge is 2.52. The van der Waals surface area contributed by atoms with Crippen LogP contribution in [0.25, 0.3) is 10.9 Å². The third-order valence-corrected chi connectivity index (χ3v) is 14.0. The number of benzene rings is 6. The molecule has 1 fully saturated rings. The van der Waals surface area contributed by atoms with Crippen molar-refractivity contribution in [3.05, 3.63) is 209 Å². The Bertz CT molecular complexity index is 2960. The smallest absolute Gasteiger partial charge is 0.408 e. The number of fused-ring (bicyclic) bond motifs is 1. The number of nitrogens with zero attached hydrogens (tertiary/aromatic N) is 1. The number of aromatic nitrogens is 1. The fraction of sp³-hybridized carbons (Fsp3) is 0.310. The van der Waals surface area contributed by atoms with Crippen LogP contribution in [0.4, 0.5) is 4.79 Å². The lowest BCUT2D eigenvalue weighted by atomic mass is 9.89. The Morgan fingerprint density at radius 1 is 0.639 bits per heavy atom. The van der Waals surface area contributed by atoms with Crippen LogP contribution in [0.3, 0.4) is 0 Å². The number of esters is 1. The van der Waals surface area contributed by atoms with Gasteiger partial charge in [-0.1, -0.05) is 157 Å². The highest BCUT2D eigenvalue weighted by Crippen LogP contribution is 2.44. The minimum Gasteiger partial charge on any atom is -0.467 e. The zero-order valence-electron chi connectivity index (χ0n) is 41.2. The second-order valence-corrected chi connectivity index (χ2v) is 20.6. The van der Waals surface area contributed by atoms with E-state index in [9.17, 15) is 9.59 Å². The van der Waals surface area contributed by atoms with Gasteiger partial charge in [-0.3, -0.25) is 0 Å². The number of carbonyl (C=O) groups is 2. The van der Waals surface area contributed by atoms with Gasteiger partial charge in [0.2, 0.25) is 0 Å². The third-order valence-electron chi connectivity index (χ3n) is 12.3. The van der Waals surface area contributed by atoms with Crippen molar-refractivity contribution in [2.45, 2.75) is 108 Å². The van der Waals surface area contributed by atoms with E-state index in [-0.39, 0.29) is 50.0 Å². The van der Waals surface area contributed by atoms with Crippen LogP contribution < -0.4 is 5.32 Å². The number of hydrogen-bond acceptors (Lipinski definition) is 11. The van der Waals surface area contributed by atoms with E-state index in [1.807, 2.05) is 128 Å². The molecule has 0 radical (unpaired) electrons. The zero-order chi connectivity index (χ0) is 50.7. The highest BCUT2D eigenvalue weighted by molar-refractivity contribution is 7.90. The molecule has 0 spiro atoms. The summed E-state index contributed by atoms with van der Waals surface area (Å²) in [7, 11) is -3.27. The number of amides is 1. The van der Waals surface area contributed by atoms with Crippen molar-refractivity contribution < 1.29 is 51.2 Å². The van der Waals surface area contributed by atoms with Crippen LogP contribution in [0.1, 0.15) is 65.9 Å². The molecule has 72 heavy (non-hydrogen) atoms. The maximum Gasteiger partial charge on any atom is 0.408 e. The summed E-state index contributed by atoms with van der Waals surface area (Å²) in [5.41, 5.74) is 4.35. The predicted octanol–water partition coefficient (Wildman–Crippen LogP) is 10.2. The van der Waals surface area contributed by atoms with Gasteiger partial charge in [0.05, 0.1) is 56.3 Å². The SMILES string of the molecule is COC(=O)[C@H](Cc1c([C@@H]2O[C@H](COCc3ccccc3)[C@@H](OCc3ccccc3)[C@H](OCc3ccccc3)[C@H]2OCc2ccccc2)n(S(=O)(=O)c2ccc(C)cc2)c2ccccc12)NC(=O)OC(C)(C)C. The van der Waals surface area contributed by atoms with E-state index < -0.39 is 64.2 Å². The molecule has 1 aliphatic heterocycles. The van der Waals surface area contributed by atoms with Crippen LogP contribution in [-0.2, 0) is 80.8 Å². The molecule has 1 aromatic heterocycles. The van der Waals surface area contributed by atoms with Crippen molar-refractivity contribution in [3.8, 4) is 0 Å². The molecule has 1 aliphatic rings. The first-order valence-electron chi connectivity index (χ1n) is 24.0. The van der Waals surface area contributed by atoms with E-state index in [1.165, 1.54) is 11.1 Å². The number of alkyl carbamates (subject to hydrolysis) is 1. The Balaban J connectivity index is 1.36. The molecule has 7 aromatic rings. The first-order valence-corrected chi connectivity index (χ1v) is 25.5. The average Bonchev–Trinajstić information content (AvgIpc) is 3.71. The minimum atomic E-state index is -4.49. The maximum absolute atomic E-state index is 15.7. The molecule has 0 unspecified atom stereocenters. The van der Waals surface area contributed by atoms with Crippen LogP contribution in [0.5, 0.6) is 0 Å². The molecular formula is C58H62N2O11S. The van der Waals surface area contributed by atoms with Crippen molar-refractivity contribution in [2.24, 2.45) is 0 Å². The summed E-state index contributed by atoms with van der Waals surface area (Å²) in [5, 5.41) is 3.20. The topological polar surface area (TPSA) is 150 Å². The summed E-state index contributed by atoms with van der Waals surface area (Å²) in [4.78, 5) is 27.4. The number of hydrogen-bond donors (Lipinski definition) is 1. The Morgan fingerprint density at radius 3 is 1.65 bits per heavy atom. The van der Waals surface area contributed by atoms with Gasteiger partial charge in [0, 0.05) is 11.8 Å². The van der Waals surface area contributed by atoms with E-state index in [0.29, 0.717) is 16.5 Å². The van der Waals surface area contributed by atoms with Gasteiger partial charge in [-0.15, -0.1) is 0 Å². The number of methoxy groups -OCH3 is 1. The number of aryl methyl sites for hydroxylation is 1. The number of ether oxygens (including phenoxy) is 7. The summed E-state index contributed by atoms with van der Waals surface area (Å²) in [6.45, 7) is 7.63. The van der Waals surface area contributed by atoms with Gasteiger partial charge in [0.25, 0.3) is 10.0 Å². The highest BCUT2D eigenvalue weighted by atomic mass is 32.2. The van der Waals surface area contributed by atoms with E-state index in [2.05, 4.69) is 5.32 Å². The van der Waals surface area contributed by atoms with Crippen molar-refractivity contribution in [2.75, 3.05) is 13.7 Å². The summed E-state index contributed by atoms with van der Waals surface area (Å²) in [6.07, 6.45) is -6.17. The first kappa shape index (κ1) is 51.7. The molecule has 0 aliphatic carbocycles. The quantitative estimate of drug-likeness (QED) is 0.0727. The van der Waals surface area contributed by atoms with Crippen molar-refractivity contribution >= 4 is 33.0 Å². The number of carbonyl (C=O) groups excluding carboxylic acids is 2. The molecule has 6 atom stereocenters. The molecule has 8 rings (SSSR count). The monoisotopic (exact) mass is 994 g/mol. The van der Waals surface area contributed by atoms with Gasteiger partial charge in [0.1, 0.15) is 42.2 Å². The van der Waals surface area contributed by atoms with Gasteiger partial charge in [0.15, 0.2) is 0 Å². The second-order valence-electron chi connectivity index (χ2n) is 18.8. The standard InChI is InChI=1S/C58H62N2O11S/c1-40-30-32-45(33-31-40)72(63,64)60-49-29-19-18-28-46(49)47(34-48(56(61)65-5)59-57(62)71-58(2,3)4)51(60)53-55(69-38-44-26-16-9-17-27-44)54(68-37-43-24-14-8-15-25-43)52(67-36-42-22-12-7-13-23-42)50(70-53)39-66-35-41-20-10-6-11-21-41/h6-33,48,50,52-55H,34-39H2,1-5H3,(H,59,62)/t48-,50+,52+,53-,54-,55-/m0/s1. The Kier molecular flexibility index (Phi) is 17.0. The zero-order valence-corrected chi connectivity index (χ0v) is 42.0. The molecule has 2 heterocycles. The molecule has 1 N–H and O–H groups in total. The maximum atomic E-state index is 15.7. The largest absolute Gasteiger partial charge is 0.467 e. The van der Waals surface area contributed by atoms with Gasteiger partial charge in [-0.25, -0.2) is 22.0 Å². The van der Waals surface area contributed by atoms with Gasteiger partial charge in [-0.2, -0.15) is 0 Å². The fourth-order valence-electron chi connectivity index (χ4n) is 8.87. The molecule has 1 amide bonds. The lowest BCUT2D eigenvalue weighted by Gasteiger charge is -2.46. The Labute approximate surface area is 422 Å². The van der Waals surface area contributed by atoms with Gasteiger partial charge < -0.3 is 38.5 Å². The van der Waals surface area contributed by atoms with E-state index in [1.54, 1.807) is 69.3 Å². The van der Waals surface area contributed by atoms with Gasteiger partial charge >= 0.3 is 12.1 Å². The molecule has 13 nitrogen and oxygen atoms in total. The van der Waals surface area contributed by atoms with E-state index >= 15 is 8.42 Å². The first-order chi connectivity index (χ1) is 34.8. The molecule has 6 aromatic carbocycles. The summed E-state index contributed by atoms with van der Waals surface area (Å²) in [6, 6.07) is 51.1. The molecule has 376 valence electrons. The Hall–Kier alpha value is -6.65. The predicted molar refractivity (Wildman–Crippen MR) is 273 cm³/mol. The molecule has 14 heteroatoms. The van der Waals surface area contributed by atoms with Crippen LogP contribution >= 0.6 is 0 Å². The molecule has 1 saturated heterocycles. The summed E-state index contributed by atoms with van der Waals surface area (Å²) in [5.74, 6) is -0.780. The third kappa shape index (κ3) is 12.9. The van der Waals surface area contributed by atoms with Crippen LogP contribution in [0.15, 0.2) is 175 Å². The molecular weight excluding hydrogens is 933 g/mol. The van der Waals surface area contributed by atoms with E-state index in [4.69, 9.17) is 33.2 Å². The minimum absolute atomic E-state index is 0.00723. The average molecular weight is 995 g/mol. The van der Waals surface area contributed by atoms with Gasteiger partial charge in [-0.05, 0) is 73.7 Å².